The number of piperidine rings is 1. The average molecular weight is 330 g/mol. The molecule has 24 heavy (non-hydrogen) atoms. The van der Waals surface area contributed by atoms with E-state index in [1.54, 1.807) is 4.57 Å². The van der Waals surface area contributed by atoms with Crippen LogP contribution in [-0.4, -0.2) is 39.0 Å². The number of aromatic nitrogens is 2. The van der Waals surface area contributed by atoms with Gasteiger partial charge in [-0.2, -0.15) is 0 Å². The largest absolute Gasteiger partial charge is 0.301 e. The molecule has 1 aliphatic heterocycles. The molecule has 2 aromatic rings. The first-order valence-electron chi connectivity index (χ1n) is 8.30. The normalized spacial score (nSPS) is 21.9. The summed E-state index contributed by atoms with van der Waals surface area (Å²) < 4.78 is 1.55. The van der Waals surface area contributed by atoms with Gasteiger partial charge in [0.2, 0.25) is 0 Å². The van der Waals surface area contributed by atoms with Gasteiger partial charge in [-0.05, 0) is 24.3 Å². The molecule has 0 N–H and O–H groups in total. The lowest BCUT2D eigenvalue weighted by Crippen LogP contribution is -2.41. The first-order valence-corrected chi connectivity index (χ1v) is 8.30. The van der Waals surface area contributed by atoms with E-state index in [1.165, 1.54) is 30.9 Å². The zero-order chi connectivity index (χ0) is 17.3. The van der Waals surface area contributed by atoms with E-state index in [-0.39, 0.29) is 11.2 Å². The van der Waals surface area contributed by atoms with Crippen molar-refractivity contribution in [1.29, 1.82) is 0 Å². The summed E-state index contributed by atoms with van der Waals surface area (Å²) >= 11 is 0. The molecule has 2 atom stereocenters. The summed E-state index contributed by atoms with van der Waals surface area (Å²) in [4.78, 5) is 29.6. The predicted octanol–water partition coefficient (Wildman–Crippen LogP) is 2.28. The molecule has 0 bridgehead atoms. The van der Waals surface area contributed by atoms with Gasteiger partial charge in [-0.3, -0.25) is 19.5 Å². The van der Waals surface area contributed by atoms with Crippen LogP contribution in [0.2, 0.25) is 0 Å². The highest BCUT2D eigenvalue weighted by atomic mass is 16.6. The Labute approximate surface area is 140 Å². The van der Waals surface area contributed by atoms with Crippen LogP contribution in [0.5, 0.6) is 0 Å². The van der Waals surface area contributed by atoms with Crippen molar-refractivity contribution < 1.29 is 4.92 Å². The Hall–Kier alpha value is -2.28. The number of hydrogen-bond acceptors (Lipinski definition) is 5. The van der Waals surface area contributed by atoms with Crippen LogP contribution in [0.1, 0.15) is 20.3 Å². The quantitative estimate of drug-likeness (QED) is 0.634. The van der Waals surface area contributed by atoms with E-state index in [1.807, 2.05) is 0 Å². The van der Waals surface area contributed by atoms with E-state index >= 15 is 0 Å². The highest BCUT2D eigenvalue weighted by Crippen LogP contribution is 2.20. The van der Waals surface area contributed by atoms with Crippen LogP contribution < -0.4 is 5.56 Å². The Morgan fingerprint density at radius 2 is 1.96 bits per heavy atom. The smallest absolute Gasteiger partial charge is 0.270 e. The molecular formula is C17H22N4O3. The number of nitro groups is 1. The van der Waals surface area contributed by atoms with Crippen LogP contribution in [0.3, 0.4) is 0 Å². The number of hydrogen-bond donors (Lipinski definition) is 0. The van der Waals surface area contributed by atoms with Gasteiger partial charge in [0, 0.05) is 38.3 Å². The molecule has 0 amide bonds. The van der Waals surface area contributed by atoms with Crippen LogP contribution in [0.4, 0.5) is 5.69 Å². The van der Waals surface area contributed by atoms with Crippen LogP contribution in [-0.2, 0) is 6.54 Å². The van der Waals surface area contributed by atoms with Crippen LogP contribution in [0.25, 0.3) is 10.9 Å². The monoisotopic (exact) mass is 330 g/mol. The Bertz CT molecular complexity index is 807. The summed E-state index contributed by atoms with van der Waals surface area (Å²) in [6, 6.07) is 4.20. The second kappa shape index (κ2) is 6.68. The Morgan fingerprint density at radius 3 is 2.62 bits per heavy atom. The van der Waals surface area contributed by atoms with E-state index in [0.717, 1.165) is 19.6 Å². The van der Waals surface area contributed by atoms with Gasteiger partial charge in [-0.25, -0.2) is 4.98 Å². The number of nitrogens with zero attached hydrogens (tertiary/aromatic N) is 4. The van der Waals surface area contributed by atoms with Crippen LogP contribution >= 0.6 is 0 Å². The summed E-state index contributed by atoms with van der Waals surface area (Å²) in [6.45, 7) is 7.94. The molecule has 7 heteroatoms. The number of non-ortho nitro benzene ring substituents is 1. The van der Waals surface area contributed by atoms with Crippen molar-refractivity contribution in [2.75, 3.05) is 19.6 Å². The minimum atomic E-state index is -0.493. The number of fused-ring (bicyclic) bond motifs is 1. The maximum absolute atomic E-state index is 12.6. The standard InChI is InChI=1S/C17H22N4O3/c1-12-7-13(2)10-19(9-12)5-6-20-11-18-16-4-3-14(21(23)24)8-15(16)17(20)22/h3-4,8,11-13H,5-7,9-10H2,1-2H3/t12-,13-/m1/s1. The molecule has 1 saturated heterocycles. The summed E-state index contributed by atoms with van der Waals surface area (Å²) in [5.74, 6) is 1.34. The Morgan fingerprint density at radius 1 is 1.25 bits per heavy atom. The van der Waals surface area contributed by atoms with Crippen molar-refractivity contribution in [3.8, 4) is 0 Å². The number of nitro benzene ring substituents is 1. The van der Waals surface area contributed by atoms with Crippen LogP contribution in [0, 0.1) is 22.0 Å². The predicted molar refractivity (Wildman–Crippen MR) is 92.0 cm³/mol. The fraction of sp³-hybridized carbons (Fsp3) is 0.529. The van der Waals surface area contributed by atoms with E-state index < -0.39 is 4.92 Å². The van der Waals surface area contributed by atoms with Gasteiger partial charge < -0.3 is 4.90 Å². The van der Waals surface area contributed by atoms with Crippen molar-refractivity contribution in [2.24, 2.45) is 11.8 Å². The maximum atomic E-state index is 12.6. The molecule has 1 aromatic heterocycles. The second-order valence-corrected chi connectivity index (χ2v) is 6.91. The molecule has 0 radical (unpaired) electrons. The number of benzene rings is 1. The molecule has 3 rings (SSSR count). The lowest BCUT2D eigenvalue weighted by molar-refractivity contribution is -0.384. The van der Waals surface area contributed by atoms with Crippen molar-refractivity contribution in [1.82, 2.24) is 14.5 Å². The maximum Gasteiger partial charge on any atom is 0.270 e. The van der Waals surface area contributed by atoms with Gasteiger partial charge in [-0.1, -0.05) is 13.8 Å². The van der Waals surface area contributed by atoms with Crippen molar-refractivity contribution >= 4 is 16.6 Å². The molecule has 1 fully saturated rings. The average Bonchev–Trinajstić information content (AvgIpc) is 2.53. The van der Waals surface area contributed by atoms with Gasteiger partial charge in [-0.15, -0.1) is 0 Å². The molecule has 0 spiro atoms. The van der Waals surface area contributed by atoms with Crippen molar-refractivity contribution in [3.05, 3.63) is 45.0 Å². The number of likely N-dealkylation sites (tertiary alicyclic amines) is 1. The molecule has 0 aliphatic carbocycles. The molecule has 1 aromatic carbocycles. The van der Waals surface area contributed by atoms with E-state index in [4.69, 9.17) is 0 Å². The fourth-order valence-corrected chi connectivity index (χ4v) is 3.64. The third kappa shape index (κ3) is 3.46. The first kappa shape index (κ1) is 16.6. The third-order valence-electron chi connectivity index (χ3n) is 4.62. The lowest BCUT2D eigenvalue weighted by atomic mass is 9.92. The summed E-state index contributed by atoms with van der Waals surface area (Å²) in [5, 5.41) is 11.2. The highest BCUT2D eigenvalue weighted by Gasteiger charge is 2.21. The molecule has 0 saturated carbocycles. The topological polar surface area (TPSA) is 81.3 Å². The second-order valence-electron chi connectivity index (χ2n) is 6.91. The van der Waals surface area contributed by atoms with E-state index in [2.05, 4.69) is 23.7 Å². The zero-order valence-corrected chi connectivity index (χ0v) is 14.0. The Kier molecular flexibility index (Phi) is 4.62. The highest BCUT2D eigenvalue weighted by molar-refractivity contribution is 5.79. The van der Waals surface area contributed by atoms with Gasteiger partial charge in [0.1, 0.15) is 0 Å². The van der Waals surface area contributed by atoms with E-state index in [9.17, 15) is 14.9 Å². The van der Waals surface area contributed by atoms with Crippen molar-refractivity contribution in [2.45, 2.75) is 26.8 Å². The van der Waals surface area contributed by atoms with Gasteiger partial charge >= 0.3 is 0 Å². The molecule has 7 nitrogen and oxygen atoms in total. The zero-order valence-electron chi connectivity index (χ0n) is 14.0. The fourth-order valence-electron chi connectivity index (χ4n) is 3.64. The van der Waals surface area contributed by atoms with Gasteiger partial charge in [0.25, 0.3) is 11.2 Å². The minimum Gasteiger partial charge on any atom is -0.301 e. The van der Waals surface area contributed by atoms with Gasteiger partial charge in [0.05, 0.1) is 22.2 Å². The molecule has 1 aliphatic rings. The number of rotatable bonds is 4. The first-order chi connectivity index (χ1) is 11.4. The molecular weight excluding hydrogens is 308 g/mol. The Balaban J connectivity index is 1.81. The van der Waals surface area contributed by atoms with Gasteiger partial charge in [0.15, 0.2) is 0 Å². The SMILES string of the molecule is C[C@@H]1C[C@@H](C)CN(CCn2cnc3ccc([N+](=O)[O-])cc3c2=O)C1. The summed E-state index contributed by atoms with van der Waals surface area (Å²) in [6.07, 6.45) is 2.78. The third-order valence-corrected chi connectivity index (χ3v) is 4.62. The molecule has 128 valence electrons. The molecule has 2 heterocycles. The summed E-state index contributed by atoms with van der Waals surface area (Å²) in [7, 11) is 0. The van der Waals surface area contributed by atoms with Crippen LogP contribution in [0.15, 0.2) is 29.3 Å². The summed E-state index contributed by atoms with van der Waals surface area (Å²) in [5.41, 5.74) is 0.182. The molecule has 0 unspecified atom stereocenters. The lowest BCUT2D eigenvalue weighted by Gasteiger charge is -2.34. The van der Waals surface area contributed by atoms with E-state index in [0.29, 0.717) is 29.3 Å². The minimum absolute atomic E-state index is 0.0853. The van der Waals surface area contributed by atoms with Crippen molar-refractivity contribution in [3.63, 3.8) is 0 Å².